The third-order valence-corrected chi connectivity index (χ3v) is 4.93. The van der Waals surface area contributed by atoms with Crippen molar-refractivity contribution in [3.63, 3.8) is 0 Å². The van der Waals surface area contributed by atoms with Gasteiger partial charge in [-0.1, -0.05) is 23.7 Å². The van der Waals surface area contributed by atoms with Gasteiger partial charge in [0.1, 0.15) is 5.82 Å². The SMILES string of the molecule is CN(Cc1csc(NC(=O)NCc2cccc(F)c2)n1)C(=O)c1nn(C)cc1Cl. The maximum atomic E-state index is 13.2. The first-order valence-electron chi connectivity index (χ1n) is 8.50. The third kappa shape index (κ3) is 5.52. The molecule has 0 saturated carbocycles. The fraction of sp³-hybridized carbons (Fsp3) is 0.222. The Bertz CT molecular complexity index is 1040. The van der Waals surface area contributed by atoms with Crippen molar-refractivity contribution < 1.29 is 14.0 Å². The second kappa shape index (κ2) is 9.01. The molecule has 0 radical (unpaired) electrons. The van der Waals surface area contributed by atoms with Crippen molar-refractivity contribution in [3.05, 3.63) is 63.6 Å². The fourth-order valence-electron chi connectivity index (χ4n) is 2.51. The zero-order chi connectivity index (χ0) is 21.0. The van der Waals surface area contributed by atoms with Gasteiger partial charge in [0, 0.05) is 32.2 Å². The van der Waals surface area contributed by atoms with E-state index in [0.717, 1.165) is 0 Å². The van der Waals surface area contributed by atoms with Gasteiger partial charge >= 0.3 is 6.03 Å². The number of carbonyl (C=O) groups is 2. The molecule has 0 aliphatic rings. The second-order valence-electron chi connectivity index (χ2n) is 6.24. The highest BCUT2D eigenvalue weighted by molar-refractivity contribution is 7.13. The molecule has 0 aliphatic heterocycles. The molecule has 152 valence electrons. The number of hydrogen-bond donors (Lipinski definition) is 2. The summed E-state index contributed by atoms with van der Waals surface area (Å²) in [6, 6.07) is 5.52. The van der Waals surface area contributed by atoms with E-state index in [1.807, 2.05) is 0 Å². The molecule has 0 fully saturated rings. The number of thiazole rings is 1. The molecule has 0 aliphatic carbocycles. The Morgan fingerprint density at radius 3 is 2.86 bits per heavy atom. The number of aryl methyl sites for hydroxylation is 1. The lowest BCUT2D eigenvalue weighted by atomic mass is 10.2. The van der Waals surface area contributed by atoms with E-state index in [2.05, 4.69) is 20.7 Å². The number of nitrogens with zero attached hydrogens (tertiary/aromatic N) is 4. The number of urea groups is 1. The molecule has 29 heavy (non-hydrogen) atoms. The van der Waals surface area contributed by atoms with E-state index in [0.29, 0.717) is 16.4 Å². The predicted octanol–water partition coefficient (Wildman–Crippen LogP) is 3.26. The van der Waals surface area contributed by atoms with Crippen LogP contribution in [0, 0.1) is 5.82 Å². The number of rotatable bonds is 6. The molecule has 2 N–H and O–H groups in total. The van der Waals surface area contributed by atoms with Crippen LogP contribution in [-0.4, -0.2) is 38.7 Å². The van der Waals surface area contributed by atoms with Crippen LogP contribution in [0.15, 0.2) is 35.8 Å². The highest BCUT2D eigenvalue weighted by Crippen LogP contribution is 2.19. The molecular weight excluding hydrogens is 419 g/mol. The van der Waals surface area contributed by atoms with Crippen LogP contribution in [-0.2, 0) is 20.1 Å². The number of anilines is 1. The third-order valence-electron chi connectivity index (χ3n) is 3.85. The van der Waals surface area contributed by atoms with Crippen LogP contribution >= 0.6 is 22.9 Å². The van der Waals surface area contributed by atoms with E-state index in [1.165, 1.54) is 33.1 Å². The monoisotopic (exact) mass is 436 g/mol. The maximum absolute atomic E-state index is 13.2. The summed E-state index contributed by atoms with van der Waals surface area (Å²) in [6.07, 6.45) is 1.55. The molecule has 3 aromatic rings. The van der Waals surface area contributed by atoms with Crippen molar-refractivity contribution in [2.24, 2.45) is 7.05 Å². The number of nitrogens with one attached hydrogen (secondary N) is 2. The molecule has 0 unspecified atom stereocenters. The van der Waals surface area contributed by atoms with Crippen LogP contribution in [0.1, 0.15) is 21.7 Å². The van der Waals surface area contributed by atoms with Crippen LogP contribution in [0.2, 0.25) is 5.02 Å². The summed E-state index contributed by atoms with van der Waals surface area (Å²) in [5.41, 5.74) is 1.42. The summed E-state index contributed by atoms with van der Waals surface area (Å²) in [5, 5.41) is 11.7. The van der Waals surface area contributed by atoms with Crippen molar-refractivity contribution in [3.8, 4) is 0 Å². The van der Waals surface area contributed by atoms with Gasteiger partial charge in [0.05, 0.1) is 17.3 Å². The van der Waals surface area contributed by atoms with Gasteiger partial charge in [0.15, 0.2) is 10.8 Å². The van der Waals surface area contributed by atoms with Crippen molar-refractivity contribution in [1.82, 2.24) is 25.0 Å². The minimum absolute atomic E-state index is 0.168. The lowest BCUT2D eigenvalue weighted by Crippen LogP contribution is -2.28. The second-order valence-corrected chi connectivity index (χ2v) is 7.51. The highest BCUT2D eigenvalue weighted by Gasteiger charge is 2.20. The van der Waals surface area contributed by atoms with Gasteiger partial charge in [0.2, 0.25) is 0 Å². The first kappa shape index (κ1) is 20.7. The van der Waals surface area contributed by atoms with Crippen LogP contribution in [0.3, 0.4) is 0 Å². The molecule has 2 heterocycles. The smallest absolute Gasteiger partial charge is 0.321 e. The van der Waals surface area contributed by atoms with Crippen LogP contribution in [0.5, 0.6) is 0 Å². The number of hydrogen-bond acceptors (Lipinski definition) is 5. The summed E-state index contributed by atoms with van der Waals surface area (Å²) in [4.78, 5) is 30.2. The number of halogens is 2. The Kier molecular flexibility index (Phi) is 6.45. The molecule has 0 saturated heterocycles. The van der Waals surface area contributed by atoms with Gasteiger partial charge in [0.25, 0.3) is 5.91 Å². The Labute approximate surface area is 175 Å². The summed E-state index contributed by atoms with van der Waals surface area (Å²) >= 11 is 7.24. The van der Waals surface area contributed by atoms with E-state index in [9.17, 15) is 14.0 Å². The number of amides is 3. The minimum atomic E-state index is -0.458. The Morgan fingerprint density at radius 2 is 2.17 bits per heavy atom. The van der Waals surface area contributed by atoms with E-state index in [-0.39, 0.29) is 35.5 Å². The molecule has 0 spiro atoms. The molecule has 3 amide bonds. The minimum Gasteiger partial charge on any atom is -0.334 e. The molecule has 2 aromatic heterocycles. The largest absolute Gasteiger partial charge is 0.334 e. The first-order chi connectivity index (χ1) is 13.8. The van der Waals surface area contributed by atoms with E-state index < -0.39 is 6.03 Å². The van der Waals surface area contributed by atoms with Crippen molar-refractivity contribution in [2.75, 3.05) is 12.4 Å². The molecule has 8 nitrogen and oxygen atoms in total. The topological polar surface area (TPSA) is 92.2 Å². The maximum Gasteiger partial charge on any atom is 0.321 e. The summed E-state index contributed by atoms with van der Waals surface area (Å²) in [7, 11) is 3.30. The lowest BCUT2D eigenvalue weighted by molar-refractivity contribution is 0.0777. The average molecular weight is 437 g/mol. The average Bonchev–Trinajstić information content (AvgIpc) is 3.24. The molecule has 0 bridgehead atoms. The van der Waals surface area contributed by atoms with Gasteiger partial charge in [-0.25, -0.2) is 14.2 Å². The molecule has 1 aromatic carbocycles. The van der Waals surface area contributed by atoms with Crippen LogP contribution < -0.4 is 10.6 Å². The fourth-order valence-corrected chi connectivity index (χ4v) is 3.46. The van der Waals surface area contributed by atoms with Gasteiger partial charge in [-0.05, 0) is 17.7 Å². The van der Waals surface area contributed by atoms with Gasteiger partial charge in [-0.3, -0.25) is 14.8 Å². The van der Waals surface area contributed by atoms with Crippen molar-refractivity contribution >= 4 is 40.0 Å². The lowest BCUT2D eigenvalue weighted by Gasteiger charge is -2.14. The Balaban J connectivity index is 1.52. The van der Waals surface area contributed by atoms with E-state index >= 15 is 0 Å². The molecule has 3 rings (SSSR count). The van der Waals surface area contributed by atoms with Gasteiger partial charge in [-0.2, -0.15) is 5.10 Å². The summed E-state index contributed by atoms with van der Waals surface area (Å²) in [5.74, 6) is -0.689. The van der Waals surface area contributed by atoms with Gasteiger partial charge in [-0.15, -0.1) is 11.3 Å². The number of benzene rings is 1. The van der Waals surface area contributed by atoms with Crippen molar-refractivity contribution in [2.45, 2.75) is 13.1 Å². The van der Waals surface area contributed by atoms with E-state index in [4.69, 9.17) is 11.6 Å². The highest BCUT2D eigenvalue weighted by atomic mass is 35.5. The number of aromatic nitrogens is 3. The Morgan fingerprint density at radius 1 is 1.38 bits per heavy atom. The van der Waals surface area contributed by atoms with Crippen molar-refractivity contribution in [1.29, 1.82) is 0 Å². The molecular formula is C18H18ClFN6O2S. The van der Waals surface area contributed by atoms with Crippen LogP contribution in [0.25, 0.3) is 0 Å². The first-order valence-corrected chi connectivity index (χ1v) is 9.76. The number of carbonyl (C=O) groups excluding carboxylic acids is 2. The normalized spacial score (nSPS) is 10.6. The zero-order valence-electron chi connectivity index (χ0n) is 15.6. The quantitative estimate of drug-likeness (QED) is 0.620. The Hall–Kier alpha value is -2.98. The van der Waals surface area contributed by atoms with Crippen LogP contribution in [0.4, 0.5) is 14.3 Å². The molecule has 11 heteroatoms. The summed E-state index contributed by atoms with van der Waals surface area (Å²) in [6.45, 7) is 0.415. The van der Waals surface area contributed by atoms with Gasteiger partial charge < -0.3 is 10.2 Å². The standard InChI is InChI=1S/C18H18ClFN6O2S/c1-25(16(27)15-14(19)9-26(2)24-15)8-13-10-29-18(22-13)23-17(28)21-7-11-4-3-5-12(20)6-11/h3-6,9-10H,7-8H2,1-2H3,(H2,21,22,23,28). The summed E-state index contributed by atoms with van der Waals surface area (Å²) < 4.78 is 14.6. The predicted molar refractivity (Wildman–Crippen MR) is 108 cm³/mol. The molecule has 0 atom stereocenters. The van der Waals surface area contributed by atoms with E-state index in [1.54, 1.807) is 37.8 Å². The zero-order valence-corrected chi connectivity index (χ0v) is 17.2.